The van der Waals surface area contributed by atoms with Gasteiger partial charge in [-0.25, -0.2) is 4.21 Å². The summed E-state index contributed by atoms with van der Waals surface area (Å²) in [6.45, 7) is 7.24. The Hall–Kier alpha value is -0.420. The first kappa shape index (κ1) is 13.6. The molecule has 0 rings (SSSR count). The summed E-state index contributed by atoms with van der Waals surface area (Å²) in [6.07, 6.45) is 0.768. The maximum absolute atomic E-state index is 11.5. The van der Waals surface area contributed by atoms with Crippen LogP contribution < -0.4 is 5.32 Å². The molecule has 0 fully saturated rings. The number of amides is 1. The van der Waals surface area contributed by atoms with Crippen molar-refractivity contribution < 1.29 is 13.6 Å². The van der Waals surface area contributed by atoms with E-state index in [1.807, 2.05) is 13.8 Å². The van der Waals surface area contributed by atoms with Gasteiger partial charge < -0.3 is 9.87 Å². The Bertz CT molecular complexity index is 228. The second-order valence-corrected chi connectivity index (χ2v) is 5.08. The van der Waals surface area contributed by atoms with E-state index in [-0.39, 0.29) is 17.6 Å². The standard InChI is InChI=1S/C9H19NO3S/c1-5-7(2)8(11)10-9(3,4)6-14(12)13/h7H,5-6H2,1-4H3,(H,10,11)(H,12,13). The zero-order valence-electron chi connectivity index (χ0n) is 9.16. The van der Waals surface area contributed by atoms with Crippen LogP contribution in [0.3, 0.4) is 0 Å². The van der Waals surface area contributed by atoms with Crippen molar-refractivity contribution in [2.45, 2.75) is 39.7 Å². The van der Waals surface area contributed by atoms with Crippen molar-refractivity contribution in [3.63, 3.8) is 0 Å². The van der Waals surface area contributed by atoms with Crippen LogP contribution in [0, 0.1) is 5.92 Å². The summed E-state index contributed by atoms with van der Waals surface area (Å²) in [5, 5.41) is 2.75. The lowest BCUT2D eigenvalue weighted by molar-refractivity contribution is -0.125. The molecule has 0 aliphatic rings. The van der Waals surface area contributed by atoms with E-state index in [0.29, 0.717) is 0 Å². The molecule has 0 aliphatic carbocycles. The molecule has 0 aliphatic heterocycles. The third-order valence-electron chi connectivity index (χ3n) is 2.01. The van der Waals surface area contributed by atoms with Gasteiger partial charge in [0.25, 0.3) is 0 Å². The Morgan fingerprint density at radius 3 is 2.43 bits per heavy atom. The molecule has 0 bridgehead atoms. The van der Waals surface area contributed by atoms with Crippen LogP contribution in [-0.2, 0) is 15.9 Å². The first-order chi connectivity index (χ1) is 6.28. The summed E-state index contributed by atoms with van der Waals surface area (Å²) >= 11 is -1.88. The Morgan fingerprint density at radius 2 is 2.07 bits per heavy atom. The van der Waals surface area contributed by atoms with Gasteiger partial charge in [-0.15, -0.1) is 0 Å². The Kier molecular flexibility index (Phi) is 5.29. The van der Waals surface area contributed by atoms with Gasteiger partial charge in [0, 0.05) is 11.5 Å². The van der Waals surface area contributed by atoms with Gasteiger partial charge in [0.15, 0.2) is 11.1 Å². The molecule has 2 N–H and O–H groups in total. The highest BCUT2D eigenvalue weighted by atomic mass is 32.2. The lowest BCUT2D eigenvalue weighted by Crippen LogP contribution is -2.49. The summed E-state index contributed by atoms with van der Waals surface area (Å²) in [7, 11) is 0. The van der Waals surface area contributed by atoms with Crippen molar-refractivity contribution in [3.8, 4) is 0 Å². The van der Waals surface area contributed by atoms with E-state index < -0.39 is 16.6 Å². The van der Waals surface area contributed by atoms with E-state index in [4.69, 9.17) is 4.55 Å². The van der Waals surface area contributed by atoms with Crippen molar-refractivity contribution >= 4 is 17.0 Å². The van der Waals surface area contributed by atoms with Crippen LogP contribution in [0.2, 0.25) is 0 Å². The van der Waals surface area contributed by atoms with Crippen LogP contribution in [0.5, 0.6) is 0 Å². The minimum absolute atomic E-state index is 0.0508. The predicted molar refractivity (Wildman–Crippen MR) is 57.3 cm³/mol. The van der Waals surface area contributed by atoms with Gasteiger partial charge in [-0.05, 0) is 20.3 Å². The minimum atomic E-state index is -1.88. The van der Waals surface area contributed by atoms with Gasteiger partial charge in [0.05, 0.1) is 5.75 Å². The second-order valence-electron chi connectivity index (χ2n) is 4.15. The molecule has 0 heterocycles. The molecule has 0 saturated carbocycles. The van der Waals surface area contributed by atoms with E-state index in [9.17, 15) is 9.00 Å². The number of nitrogens with one attached hydrogen (secondary N) is 1. The Balaban J connectivity index is 4.21. The average Bonchev–Trinajstić information content (AvgIpc) is 1.99. The molecule has 14 heavy (non-hydrogen) atoms. The van der Waals surface area contributed by atoms with Crippen LogP contribution in [0.15, 0.2) is 0 Å². The maximum Gasteiger partial charge on any atom is 0.223 e. The predicted octanol–water partition coefficient (Wildman–Crippen LogP) is 1.15. The normalized spacial score (nSPS) is 16.1. The topological polar surface area (TPSA) is 66.4 Å². The molecular formula is C9H19NO3S. The Morgan fingerprint density at radius 1 is 1.57 bits per heavy atom. The second kappa shape index (κ2) is 5.46. The summed E-state index contributed by atoms with van der Waals surface area (Å²) in [5.74, 6) is -0.0702. The highest BCUT2D eigenvalue weighted by molar-refractivity contribution is 7.79. The van der Waals surface area contributed by atoms with Gasteiger partial charge in [-0.3, -0.25) is 4.79 Å². The van der Waals surface area contributed by atoms with E-state index >= 15 is 0 Å². The average molecular weight is 221 g/mol. The monoisotopic (exact) mass is 221 g/mol. The van der Waals surface area contributed by atoms with E-state index in [1.165, 1.54) is 0 Å². The molecule has 0 saturated heterocycles. The molecular weight excluding hydrogens is 202 g/mol. The number of rotatable bonds is 5. The lowest BCUT2D eigenvalue weighted by Gasteiger charge is -2.26. The van der Waals surface area contributed by atoms with Crippen LogP contribution in [0.4, 0.5) is 0 Å². The maximum atomic E-state index is 11.5. The Labute approximate surface area is 87.7 Å². The third kappa shape index (κ3) is 5.34. The van der Waals surface area contributed by atoms with Crippen LogP contribution in [-0.4, -0.2) is 26.0 Å². The number of hydrogen-bond acceptors (Lipinski definition) is 2. The zero-order chi connectivity index (χ0) is 11.4. The van der Waals surface area contributed by atoms with Crippen molar-refractivity contribution in [2.75, 3.05) is 5.75 Å². The van der Waals surface area contributed by atoms with Crippen molar-refractivity contribution in [1.82, 2.24) is 5.32 Å². The van der Waals surface area contributed by atoms with Gasteiger partial charge >= 0.3 is 0 Å². The molecule has 0 aromatic rings. The molecule has 4 nitrogen and oxygen atoms in total. The molecule has 0 aromatic carbocycles. The largest absolute Gasteiger partial charge is 0.350 e. The van der Waals surface area contributed by atoms with Crippen LogP contribution in [0.1, 0.15) is 34.1 Å². The first-order valence-electron chi connectivity index (χ1n) is 4.68. The zero-order valence-corrected chi connectivity index (χ0v) is 9.98. The number of hydrogen-bond donors (Lipinski definition) is 2. The molecule has 1 amide bonds. The SMILES string of the molecule is CCC(C)C(=O)NC(C)(C)CS(=O)O. The summed E-state index contributed by atoms with van der Waals surface area (Å²) in [4.78, 5) is 11.5. The highest BCUT2D eigenvalue weighted by Crippen LogP contribution is 2.07. The minimum Gasteiger partial charge on any atom is -0.350 e. The summed E-state index contributed by atoms with van der Waals surface area (Å²) < 4.78 is 19.3. The molecule has 84 valence electrons. The highest BCUT2D eigenvalue weighted by Gasteiger charge is 2.24. The fourth-order valence-corrected chi connectivity index (χ4v) is 1.68. The van der Waals surface area contributed by atoms with Crippen molar-refractivity contribution in [1.29, 1.82) is 0 Å². The molecule has 0 aromatic heterocycles. The van der Waals surface area contributed by atoms with Gasteiger partial charge in [0.1, 0.15) is 0 Å². The van der Waals surface area contributed by atoms with E-state index in [1.54, 1.807) is 13.8 Å². The van der Waals surface area contributed by atoms with Gasteiger partial charge in [-0.2, -0.15) is 0 Å². The summed E-state index contributed by atoms with van der Waals surface area (Å²) in [6, 6.07) is 0. The van der Waals surface area contributed by atoms with Crippen LogP contribution in [0.25, 0.3) is 0 Å². The fraction of sp³-hybridized carbons (Fsp3) is 0.889. The quantitative estimate of drug-likeness (QED) is 0.684. The summed E-state index contributed by atoms with van der Waals surface area (Å²) in [5.41, 5.74) is -0.625. The van der Waals surface area contributed by atoms with Gasteiger partial charge in [0.2, 0.25) is 5.91 Å². The molecule has 5 heteroatoms. The van der Waals surface area contributed by atoms with Crippen LogP contribution >= 0.6 is 0 Å². The third-order valence-corrected chi connectivity index (χ3v) is 2.97. The van der Waals surface area contributed by atoms with Crippen molar-refractivity contribution in [3.05, 3.63) is 0 Å². The first-order valence-corrected chi connectivity index (χ1v) is 5.95. The lowest BCUT2D eigenvalue weighted by atomic mass is 10.0. The molecule has 2 atom stereocenters. The van der Waals surface area contributed by atoms with E-state index in [2.05, 4.69) is 5.32 Å². The fourth-order valence-electron chi connectivity index (χ4n) is 0.987. The van der Waals surface area contributed by atoms with E-state index in [0.717, 1.165) is 6.42 Å². The molecule has 0 radical (unpaired) electrons. The number of carbonyl (C=O) groups excluding carboxylic acids is 1. The van der Waals surface area contributed by atoms with Gasteiger partial charge in [-0.1, -0.05) is 13.8 Å². The molecule has 0 spiro atoms. The number of carbonyl (C=O) groups is 1. The van der Waals surface area contributed by atoms with Crippen molar-refractivity contribution in [2.24, 2.45) is 5.92 Å². The smallest absolute Gasteiger partial charge is 0.223 e. The molecule has 2 unspecified atom stereocenters.